The number of hydrogen-bond donors (Lipinski definition) is 2. The van der Waals surface area contributed by atoms with Gasteiger partial charge in [-0.2, -0.15) is 0 Å². The lowest BCUT2D eigenvalue weighted by atomic mass is 10.1. The maximum absolute atomic E-state index is 12.2. The number of halogens is 4. The summed E-state index contributed by atoms with van der Waals surface area (Å²) in [6.07, 6.45) is 0.0278. The van der Waals surface area contributed by atoms with Crippen molar-refractivity contribution in [1.82, 2.24) is 10.6 Å². The zero-order chi connectivity index (χ0) is 12.1. The highest BCUT2D eigenvalue weighted by Gasteiger charge is 2.30. The first-order valence-corrected chi connectivity index (χ1v) is 5.58. The molecule has 2 aliphatic heterocycles. The van der Waals surface area contributed by atoms with Gasteiger partial charge in [-0.1, -0.05) is 0 Å². The largest absolute Gasteiger partial charge is 0.316 e. The third kappa shape index (κ3) is 5.65. The molecule has 0 aliphatic carbocycles. The van der Waals surface area contributed by atoms with E-state index in [1.807, 2.05) is 0 Å². The van der Waals surface area contributed by atoms with Gasteiger partial charge in [0.1, 0.15) is 0 Å². The van der Waals surface area contributed by atoms with Crippen LogP contribution >= 0.6 is 0 Å². The van der Waals surface area contributed by atoms with Gasteiger partial charge < -0.3 is 10.6 Å². The van der Waals surface area contributed by atoms with E-state index >= 15 is 0 Å². The van der Waals surface area contributed by atoms with Gasteiger partial charge in [0.05, 0.1) is 0 Å². The van der Waals surface area contributed by atoms with E-state index in [4.69, 9.17) is 0 Å². The van der Waals surface area contributed by atoms with Gasteiger partial charge in [-0.05, 0) is 0 Å². The van der Waals surface area contributed by atoms with E-state index in [9.17, 15) is 17.6 Å². The standard InChI is InChI=1S/2C5H9F2N/c2*6-5(7)1-3-8-4-2-5/h2*8H,1-4H2. The molecule has 2 nitrogen and oxygen atoms in total. The maximum Gasteiger partial charge on any atom is 0.250 e. The molecule has 96 valence electrons. The van der Waals surface area contributed by atoms with Crippen LogP contribution in [0.5, 0.6) is 0 Å². The van der Waals surface area contributed by atoms with Crippen LogP contribution in [0.15, 0.2) is 0 Å². The van der Waals surface area contributed by atoms with Crippen molar-refractivity contribution in [2.45, 2.75) is 37.5 Å². The van der Waals surface area contributed by atoms with Crippen molar-refractivity contribution in [3.8, 4) is 0 Å². The first kappa shape index (κ1) is 13.7. The number of piperidine rings is 2. The van der Waals surface area contributed by atoms with Gasteiger partial charge in [0.25, 0.3) is 11.8 Å². The summed E-state index contributed by atoms with van der Waals surface area (Å²) in [6.45, 7) is 1.86. The molecule has 0 aromatic carbocycles. The zero-order valence-corrected chi connectivity index (χ0v) is 9.17. The van der Waals surface area contributed by atoms with Crippen LogP contribution in [-0.4, -0.2) is 38.0 Å². The number of rotatable bonds is 0. The minimum absolute atomic E-state index is 0.00694. The van der Waals surface area contributed by atoms with Gasteiger partial charge in [-0.3, -0.25) is 0 Å². The fraction of sp³-hybridized carbons (Fsp3) is 1.00. The Kier molecular flexibility index (Phi) is 4.98. The Hall–Kier alpha value is -0.360. The monoisotopic (exact) mass is 242 g/mol. The Labute approximate surface area is 92.8 Å². The minimum atomic E-state index is -2.38. The molecule has 2 fully saturated rings. The quantitative estimate of drug-likeness (QED) is 0.635. The lowest BCUT2D eigenvalue weighted by Gasteiger charge is -2.21. The molecule has 0 spiro atoms. The van der Waals surface area contributed by atoms with Gasteiger partial charge in [0.2, 0.25) is 0 Å². The second-order valence-electron chi connectivity index (χ2n) is 4.21. The fourth-order valence-electron chi connectivity index (χ4n) is 1.59. The molecule has 2 aliphatic rings. The van der Waals surface area contributed by atoms with Gasteiger partial charge in [-0.25, -0.2) is 17.6 Å². The molecule has 2 saturated heterocycles. The van der Waals surface area contributed by atoms with Gasteiger partial charge in [0, 0.05) is 51.9 Å². The molecule has 16 heavy (non-hydrogen) atoms. The van der Waals surface area contributed by atoms with E-state index in [1.165, 1.54) is 0 Å². The number of alkyl halides is 4. The van der Waals surface area contributed by atoms with Crippen molar-refractivity contribution in [2.24, 2.45) is 0 Å². The van der Waals surface area contributed by atoms with Crippen molar-refractivity contribution in [2.75, 3.05) is 26.2 Å². The summed E-state index contributed by atoms with van der Waals surface area (Å²) in [5.41, 5.74) is 0. The van der Waals surface area contributed by atoms with Crippen LogP contribution in [0.25, 0.3) is 0 Å². The number of nitrogens with one attached hydrogen (secondary N) is 2. The first-order chi connectivity index (χ1) is 7.41. The Morgan fingerprint density at radius 1 is 0.562 bits per heavy atom. The lowest BCUT2D eigenvalue weighted by molar-refractivity contribution is -0.0280. The molecule has 0 atom stereocenters. The topological polar surface area (TPSA) is 24.1 Å². The summed E-state index contributed by atoms with van der Waals surface area (Å²) in [5, 5.41) is 5.72. The van der Waals surface area contributed by atoms with E-state index in [-0.39, 0.29) is 25.7 Å². The predicted molar refractivity (Wildman–Crippen MR) is 54.1 cm³/mol. The third-order valence-electron chi connectivity index (χ3n) is 2.67. The molecule has 2 rings (SSSR count). The fourth-order valence-corrected chi connectivity index (χ4v) is 1.59. The molecule has 0 amide bonds. The average molecular weight is 242 g/mol. The molecule has 0 unspecified atom stereocenters. The van der Waals surface area contributed by atoms with Crippen LogP contribution < -0.4 is 10.6 Å². The summed E-state index contributed by atoms with van der Waals surface area (Å²) in [6, 6.07) is 0. The third-order valence-corrected chi connectivity index (χ3v) is 2.67. The SMILES string of the molecule is FC1(F)CCNCC1.FC1(F)CCNCC1. The number of hydrogen-bond acceptors (Lipinski definition) is 2. The van der Waals surface area contributed by atoms with Crippen molar-refractivity contribution >= 4 is 0 Å². The second kappa shape index (κ2) is 5.82. The van der Waals surface area contributed by atoms with E-state index in [2.05, 4.69) is 10.6 Å². The summed E-state index contributed by atoms with van der Waals surface area (Å²) < 4.78 is 48.7. The van der Waals surface area contributed by atoms with E-state index in [1.54, 1.807) is 0 Å². The normalized spacial score (nSPS) is 27.8. The molecule has 2 heterocycles. The van der Waals surface area contributed by atoms with Crippen molar-refractivity contribution in [3.05, 3.63) is 0 Å². The van der Waals surface area contributed by atoms with Crippen LogP contribution in [0.4, 0.5) is 17.6 Å². The minimum Gasteiger partial charge on any atom is -0.316 e. The van der Waals surface area contributed by atoms with Crippen molar-refractivity contribution in [1.29, 1.82) is 0 Å². The Morgan fingerprint density at radius 2 is 0.812 bits per heavy atom. The lowest BCUT2D eigenvalue weighted by Crippen LogP contribution is -2.35. The molecule has 0 saturated carbocycles. The van der Waals surface area contributed by atoms with Gasteiger partial charge >= 0.3 is 0 Å². The molecule has 6 heteroatoms. The molecular formula is C10H18F4N2. The summed E-state index contributed by atoms with van der Waals surface area (Å²) in [4.78, 5) is 0. The molecule has 2 N–H and O–H groups in total. The smallest absolute Gasteiger partial charge is 0.250 e. The summed E-state index contributed by atoms with van der Waals surface area (Å²) >= 11 is 0. The maximum atomic E-state index is 12.2. The molecule has 0 bridgehead atoms. The Morgan fingerprint density at radius 3 is 0.938 bits per heavy atom. The highest BCUT2D eigenvalue weighted by atomic mass is 19.3. The van der Waals surface area contributed by atoms with E-state index < -0.39 is 11.8 Å². The van der Waals surface area contributed by atoms with Gasteiger partial charge in [-0.15, -0.1) is 0 Å². The molecular weight excluding hydrogens is 224 g/mol. The highest BCUT2D eigenvalue weighted by Crippen LogP contribution is 2.24. The van der Waals surface area contributed by atoms with Crippen molar-refractivity contribution < 1.29 is 17.6 Å². The van der Waals surface area contributed by atoms with Crippen LogP contribution in [-0.2, 0) is 0 Å². The molecule has 0 radical (unpaired) electrons. The van der Waals surface area contributed by atoms with Crippen LogP contribution in [0, 0.1) is 0 Å². The van der Waals surface area contributed by atoms with Crippen molar-refractivity contribution in [3.63, 3.8) is 0 Å². The first-order valence-electron chi connectivity index (χ1n) is 5.58. The summed E-state index contributed by atoms with van der Waals surface area (Å²) in [7, 11) is 0. The Balaban J connectivity index is 0.000000160. The molecule has 0 aromatic rings. The van der Waals surface area contributed by atoms with E-state index in [0.717, 1.165) is 0 Å². The van der Waals surface area contributed by atoms with Crippen LogP contribution in [0.2, 0.25) is 0 Å². The predicted octanol–water partition coefficient (Wildman–Crippen LogP) is 2.01. The van der Waals surface area contributed by atoms with Crippen LogP contribution in [0.3, 0.4) is 0 Å². The average Bonchev–Trinajstić information content (AvgIpc) is 2.17. The highest BCUT2D eigenvalue weighted by molar-refractivity contribution is 4.74. The molecule has 0 aromatic heterocycles. The van der Waals surface area contributed by atoms with Gasteiger partial charge in [0.15, 0.2) is 0 Å². The summed E-state index contributed by atoms with van der Waals surface area (Å²) in [5.74, 6) is -4.77. The van der Waals surface area contributed by atoms with E-state index in [0.29, 0.717) is 26.2 Å². The zero-order valence-electron chi connectivity index (χ0n) is 9.17. The second-order valence-corrected chi connectivity index (χ2v) is 4.21. The van der Waals surface area contributed by atoms with Crippen LogP contribution in [0.1, 0.15) is 25.7 Å². The Bertz CT molecular complexity index is 171.